The Bertz CT molecular complexity index is 1290. The van der Waals surface area contributed by atoms with E-state index in [9.17, 15) is 18.3 Å². The summed E-state index contributed by atoms with van der Waals surface area (Å²) >= 11 is 0. The Morgan fingerprint density at radius 1 is 1.14 bits per heavy atom. The third kappa shape index (κ3) is 7.07. The summed E-state index contributed by atoms with van der Waals surface area (Å²) in [5.74, 6) is 0.382. The van der Waals surface area contributed by atoms with Crippen molar-refractivity contribution in [1.29, 1.82) is 0 Å². The van der Waals surface area contributed by atoms with Crippen molar-refractivity contribution < 1.29 is 37.3 Å². The molecule has 42 heavy (non-hydrogen) atoms. The van der Waals surface area contributed by atoms with Crippen molar-refractivity contribution in [2.24, 2.45) is 22.8 Å². The van der Waals surface area contributed by atoms with Crippen LogP contribution in [0.5, 0.6) is 5.75 Å². The third-order valence-electron chi connectivity index (χ3n) is 8.17. The molecular formula is C30H43N3O8S. The van der Waals surface area contributed by atoms with Gasteiger partial charge in [-0.25, -0.2) is 13.2 Å². The maximum absolute atomic E-state index is 14.3. The number of hydrogen-bond acceptors (Lipinski definition) is 10. The van der Waals surface area contributed by atoms with E-state index >= 15 is 0 Å². The zero-order chi connectivity index (χ0) is 30.5. The van der Waals surface area contributed by atoms with Crippen LogP contribution in [0, 0.1) is 11.3 Å². The normalized spacial score (nSPS) is 23.4. The number of amides is 1. The number of ether oxygens (including phenoxy) is 4. The van der Waals surface area contributed by atoms with E-state index in [2.05, 4.69) is 5.32 Å². The summed E-state index contributed by atoms with van der Waals surface area (Å²) in [4.78, 5) is 10.9. The Hall–Kier alpha value is -2.74. The molecule has 2 saturated heterocycles. The second-order valence-corrected chi connectivity index (χ2v) is 14.1. The third-order valence-corrected chi connectivity index (χ3v) is 10.5. The molecule has 232 valence electrons. The number of nitrogens with one attached hydrogen (secondary N) is 1. The van der Waals surface area contributed by atoms with Crippen molar-refractivity contribution in [2.75, 3.05) is 26.9 Å². The first-order valence-electron chi connectivity index (χ1n) is 14.2. The molecule has 0 aliphatic carbocycles. The molecule has 0 bridgehead atoms. The lowest BCUT2D eigenvalue weighted by Crippen LogP contribution is -2.65. The van der Waals surface area contributed by atoms with Crippen molar-refractivity contribution in [2.45, 2.75) is 73.8 Å². The van der Waals surface area contributed by atoms with Gasteiger partial charge in [-0.05, 0) is 67.5 Å². The van der Waals surface area contributed by atoms with Gasteiger partial charge in [0.25, 0.3) is 0 Å². The molecule has 12 heteroatoms. The van der Waals surface area contributed by atoms with Gasteiger partial charge in [0, 0.05) is 0 Å². The van der Waals surface area contributed by atoms with Gasteiger partial charge in [-0.2, -0.15) is 0 Å². The summed E-state index contributed by atoms with van der Waals surface area (Å²) in [5.41, 5.74) is 12.8. The van der Waals surface area contributed by atoms with E-state index in [1.54, 1.807) is 0 Å². The molecule has 0 spiro atoms. The highest BCUT2D eigenvalue weighted by molar-refractivity contribution is 7.92. The van der Waals surface area contributed by atoms with Crippen LogP contribution in [0.4, 0.5) is 4.79 Å². The Morgan fingerprint density at radius 3 is 2.48 bits per heavy atom. The Morgan fingerprint density at radius 2 is 1.83 bits per heavy atom. The van der Waals surface area contributed by atoms with Crippen LogP contribution < -0.4 is 21.5 Å². The standard InChI is InChI=1S/C30H43N3O8S/c1-29(2,14-15-31)19-30(32,42(36,37)22-11-9-21(38-3)10-12-22)26(34)24(17-20-7-5-4-6-8-20)33-28(35)41-25-18-40-27-23(25)13-16-39-27/h4-12,23-27,34H,13-19,31-32H2,1-3H3,(H,33,35)/t23-,24+,25-,26-,27+,30?/m1/s1. The van der Waals surface area contributed by atoms with E-state index in [0.29, 0.717) is 31.7 Å². The lowest BCUT2D eigenvalue weighted by Gasteiger charge is -2.42. The number of hydrogen-bond donors (Lipinski definition) is 4. The molecule has 0 aromatic heterocycles. The first-order valence-corrected chi connectivity index (χ1v) is 15.7. The molecule has 2 aliphatic heterocycles. The van der Waals surface area contributed by atoms with Crippen LogP contribution in [0.15, 0.2) is 59.5 Å². The van der Waals surface area contributed by atoms with Crippen LogP contribution in [-0.4, -0.2) is 75.9 Å². The van der Waals surface area contributed by atoms with E-state index in [-0.39, 0.29) is 30.3 Å². The van der Waals surface area contributed by atoms with Crippen LogP contribution in [0.1, 0.15) is 38.7 Å². The van der Waals surface area contributed by atoms with Crippen LogP contribution in [0.3, 0.4) is 0 Å². The minimum atomic E-state index is -4.38. The van der Waals surface area contributed by atoms with Gasteiger partial charge >= 0.3 is 6.09 Å². The first kappa shape index (κ1) is 32.2. The fourth-order valence-electron chi connectivity index (χ4n) is 5.88. The maximum atomic E-state index is 14.3. The smallest absolute Gasteiger partial charge is 0.407 e. The van der Waals surface area contributed by atoms with Crippen molar-refractivity contribution in [3.63, 3.8) is 0 Å². The number of aliphatic hydroxyl groups excluding tert-OH is 1. The summed E-state index contributed by atoms with van der Waals surface area (Å²) < 4.78 is 50.6. The summed E-state index contributed by atoms with van der Waals surface area (Å²) in [6.07, 6.45) is -2.36. The molecule has 0 radical (unpaired) electrons. The van der Waals surface area contributed by atoms with Crippen LogP contribution in [0.2, 0.25) is 0 Å². The van der Waals surface area contributed by atoms with Crippen molar-refractivity contribution in [3.05, 3.63) is 60.2 Å². The van der Waals surface area contributed by atoms with Gasteiger partial charge in [-0.1, -0.05) is 44.2 Å². The van der Waals surface area contributed by atoms with Crippen LogP contribution in [0.25, 0.3) is 0 Å². The molecule has 11 nitrogen and oxygen atoms in total. The number of methoxy groups -OCH3 is 1. The zero-order valence-electron chi connectivity index (χ0n) is 24.4. The predicted octanol–water partition coefficient (Wildman–Crippen LogP) is 2.35. The van der Waals surface area contributed by atoms with Gasteiger partial charge in [0.2, 0.25) is 0 Å². The number of nitrogens with two attached hydrogens (primary N) is 2. The number of carbonyl (C=O) groups excluding carboxylic acids is 1. The van der Waals surface area contributed by atoms with Gasteiger partial charge in [0.15, 0.2) is 21.0 Å². The second-order valence-electron chi connectivity index (χ2n) is 11.9. The highest BCUT2D eigenvalue weighted by atomic mass is 32.2. The SMILES string of the molecule is COc1ccc(S(=O)(=O)C(N)(CC(C)(C)CCN)[C@H](O)[C@H](Cc2ccccc2)NC(=O)O[C@@H]2CO[C@@H]3OCC[C@@H]32)cc1. The minimum Gasteiger partial charge on any atom is -0.497 e. The molecule has 1 unspecified atom stereocenters. The summed E-state index contributed by atoms with van der Waals surface area (Å²) in [6, 6.07) is 13.8. The van der Waals surface area contributed by atoms with Crippen molar-refractivity contribution in [1.82, 2.24) is 5.32 Å². The second kappa shape index (κ2) is 13.3. The van der Waals surface area contributed by atoms with Crippen molar-refractivity contribution >= 4 is 15.9 Å². The molecule has 6 atom stereocenters. The topological polar surface area (TPSA) is 172 Å². The fraction of sp³-hybridized carbons (Fsp3) is 0.567. The number of sulfone groups is 1. The molecule has 0 saturated carbocycles. The van der Waals surface area contributed by atoms with Gasteiger partial charge in [-0.3, -0.25) is 0 Å². The fourth-order valence-corrected chi connectivity index (χ4v) is 7.88. The Labute approximate surface area is 247 Å². The maximum Gasteiger partial charge on any atom is 0.407 e. The number of benzene rings is 2. The average molecular weight is 606 g/mol. The number of rotatable bonds is 13. The predicted molar refractivity (Wildman–Crippen MR) is 156 cm³/mol. The molecular weight excluding hydrogens is 562 g/mol. The molecule has 2 fully saturated rings. The van der Waals surface area contributed by atoms with Gasteiger partial charge in [0.1, 0.15) is 18.0 Å². The molecule has 2 aliphatic rings. The molecule has 6 N–H and O–H groups in total. The van der Waals surface area contributed by atoms with Gasteiger partial charge < -0.3 is 40.8 Å². The first-order chi connectivity index (χ1) is 19.9. The van der Waals surface area contributed by atoms with Crippen LogP contribution in [-0.2, 0) is 30.5 Å². The lowest BCUT2D eigenvalue weighted by molar-refractivity contribution is -0.0907. The van der Waals surface area contributed by atoms with E-state index < -0.39 is 50.8 Å². The molecule has 4 rings (SSSR count). The number of fused-ring (bicyclic) bond motifs is 1. The quantitative estimate of drug-likeness (QED) is 0.266. The largest absolute Gasteiger partial charge is 0.497 e. The summed E-state index contributed by atoms with van der Waals surface area (Å²) in [5, 5.41) is 14.7. The molecule has 2 heterocycles. The van der Waals surface area contributed by atoms with E-state index in [0.717, 1.165) is 5.56 Å². The average Bonchev–Trinajstić information content (AvgIpc) is 3.57. The highest BCUT2D eigenvalue weighted by Gasteiger charge is 2.53. The number of alkyl carbamates (subject to hydrolysis) is 1. The van der Waals surface area contributed by atoms with E-state index in [1.165, 1.54) is 31.4 Å². The summed E-state index contributed by atoms with van der Waals surface area (Å²) in [6.45, 7) is 4.71. The monoisotopic (exact) mass is 605 g/mol. The van der Waals surface area contributed by atoms with Gasteiger partial charge in [-0.15, -0.1) is 0 Å². The Kier molecular flexibility index (Phi) is 10.2. The zero-order valence-corrected chi connectivity index (χ0v) is 25.2. The van der Waals surface area contributed by atoms with Crippen LogP contribution >= 0.6 is 0 Å². The number of carbonyl (C=O) groups is 1. The summed E-state index contributed by atoms with van der Waals surface area (Å²) in [7, 11) is -2.90. The molecule has 2 aromatic rings. The minimum absolute atomic E-state index is 0.0789. The Balaban J connectivity index is 1.68. The highest BCUT2D eigenvalue weighted by Crippen LogP contribution is 2.39. The molecule has 1 amide bonds. The lowest BCUT2D eigenvalue weighted by atomic mass is 9.79. The molecule has 2 aromatic carbocycles. The van der Waals surface area contributed by atoms with E-state index in [1.807, 2.05) is 44.2 Å². The number of aliphatic hydroxyl groups is 1. The van der Waals surface area contributed by atoms with E-state index in [4.69, 9.17) is 30.4 Å². The van der Waals surface area contributed by atoms with Gasteiger partial charge in [0.05, 0.1) is 37.2 Å². The van der Waals surface area contributed by atoms with Crippen molar-refractivity contribution in [3.8, 4) is 5.75 Å².